The lowest BCUT2D eigenvalue weighted by Gasteiger charge is -2.18. The second-order valence-corrected chi connectivity index (χ2v) is 4.74. The van der Waals surface area contributed by atoms with Crippen LogP contribution in [0.4, 0.5) is 5.69 Å². The van der Waals surface area contributed by atoms with E-state index in [0.29, 0.717) is 5.92 Å². The van der Waals surface area contributed by atoms with Gasteiger partial charge in [0.2, 0.25) is 0 Å². The van der Waals surface area contributed by atoms with E-state index in [-0.39, 0.29) is 5.91 Å². The standard InChI is InChI=1S/C14H22N2O/c1-11(2)9-10-16(4)14(17)12-5-7-13(15-3)8-6-12/h5-8,11,15H,9-10H2,1-4H3. The zero-order valence-electron chi connectivity index (χ0n) is 11.2. The first kappa shape index (κ1) is 13.6. The van der Waals surface area contributed by atoms with Crippen molar-refractivity contribution in [1.82, 2.24) is 4.90 Å². The summed E-state index contributed by atoms with van der Waals surface area (Å²) in [5.74, 6) is 0.713. The first-order chi connectivity index (χ1) is 8.04. The zero-order chi connectivity index (χ0) is 12.8. The molecule has 0 aromatic heterocycles. The Balaban J connectivity index is 2.61. The van der Waals surface area contributed by atoms with Crippen LogP contribution in [0.2, 0.25) is 0 Å². The summed E-state index contributed by atoms with van der Waals surface area (Å²) >= 11 is 0. The largest absolute Gasteiger partial charge is 0.388 e. The minimum atomic E-state index is 0.0910. The number of amides is 1. The molecular formula is C14H22N2O. The predicted octanol–water partition coefficient (Wildman–Crippen LogP) is 2.85. The van der Waals surface area contributed by atoms with Crippen LogP contribution in [0.5, 0.6) is 0 Å². The molecule has 17 heavy (non-hydrogen) atoms. The van der Waals surface area contributed by atoms with E-state index >= 15 is 0 Å². The lowest BCUT2D eigenvalue weighted by atomic mass is 10.1. The molecule has 0 aliphatic rings. The van der Waals surface area contributed by atoms with Crippen LogP contribution >= 0.6 is 0 Å². The molecule has 3 nitrogen and oxygen atoms in total. The quantitative estimate of drug-likeness (QED) is 0.849. The zero-order valence-corrected chi connectivity index (χ0v) is 11.2. The molecule has 0 fully saturated rings. The van der Waals surface area contributed by atoms with Gasteiger partial charge in [0.1, 0.15) is 0 Å². The molecule has 1 aromatic rings. The average Bonchev–Trinajstić information content (AvgIpc) is 2.35. The smallest absolute Gasteiger partial charge is 0.253 e. The van der Waals surface area contributed by atoms with Crippen LogP contribution in [0.25, 0.3) is 0 Å². The predicted molar refractivity (Wildman–Crippen MR) is 72.4 cm³/mol. The Bertz CT molecular complexity index is 357. The molecule has 0 radical (unpaired) electrons. The van der Waals surface area contributed by atoms with Crippen molar-refractivity contribution in [3.8, 4) is 0 Å². The second kappa shape index (κ2) is 6.28. The number of hydrogen-bond acceptors (Lipinski definition) is 2. The minimum absolute atomic E-state index is 0.0910. The summed E-state index contributed by atoms with van der Waals surface area (Å²) in [6, 6.07) is 7.56. The molecule has 3 heteroatoms. The van der Waals surface area contributed by atoms with Crippen molar-refractivity contribution in [2.45, 2.75) is 20.3 Å². The van der Waals surface area contributed by atoms with Crippen LogP contribution in [0.1, 0.15) is 30.6 Å². The summed E-state index contributed by atoms with van der Waals surface area (Å²) in [6.07, 6.45) is 1.04. The minimum Gasteiger partial charge on any atom is -0.388 e. The van der Waals surface area contributed by atoms with Crippen molar-refractivity contribution >= 4 is 11.6 Å². The fraction of sp³-hybridized carbons (Fsp3) is 0.500. The van der Waals surface area contributed by atoms with Crippen LogP contribution in [0, 0.1) is 5.92 Å². The highest BCUT2D eigenvalue weighted by Gasteiger charge is 2.11. The lowest BCUT2D eigenvalue weighted by Crippen LogP contribution is -2.28. The number of anilines is 1. The van der Waals surface area contributed by atoms with Gasteiger partial charge in [-0.1, -0.05) is 13.8 Å². The Kier molecular flexibility index (Phi) is 5.01. The van der Waals surface area contributed by atoms with E-state index in [0.717, 1.165) is 24.2 Å². The molecule has 1 aromatic carbocycles. The van der Waals surface area contributed by atoms with Crippen LogP contribution in [-0.4, -0.2) is 31.4 Å². The van der Waals surface area contributed by atoms with E-state index in [9.17, 15) is 4.79 Å². The maximum Gasteiger partial charge on any atom is 0.253 e. The van der Waals surface area contributed by atoms with Crippen LogP contribution in [0.15, 0.2) is 24.3 Å². The Morgan fingerprint density at radius 3 is 2.35 bits per heavy atom. The first-order valence-electron chi connectivity index (χ1n) is 6.08. The number of rotatable bonds is 5. The molecule has 1 amide bonds. The van der Waals surface area contributed by atoms with E-state index in [4.69, 9.17) is 0 Å². The van der Waals surface area contributed by atoms with E-state index in [1.165, 1.54) is 0 Å². The van der Waals surface area contributed by atoms with E-state index < -0.39 is 0 Å². The number of benzene rings is 1. The van der Waals surface area contributed by atoms with Gasteiger partial charge in [0.15, 0.2) is 0 Å². The van der Waals surface area contributed by atoms with Crippen molar-refractivity contribution in [3.05, 3.63) is 29.8 Å². The van der Waals surface area contributed by atoms with Crippen LogP contribution in [0.3, 0.4) is 0 Å². The number of carbonyl (C=O) groups excluding carboxylic acids is 1. The summed E-state index contributed by atoms with van der Waals surface area (Å²) < 4.78 is 0. The Morgan fingerprint density at radius 2 is 1.88 bits per heavy atom. The molecule has 0 spiro atoms. The first-order valence-corrected chi connectivity index (χ1v) is 6.08. The molecule has 0 saturated heterocycles. The fourth-order valence-corrected chi connectivity index (χ4v) is 1.55. The third kappa shape index (κ3) is 4.10. The van der Waals surface area contributed by atoms with Gasteiger partial charge in [-0.3, -0.25) is 4.79 Å². The lowest BCUT2D eigenvalue weighted by molar-refractivity contribution is 0.0789. The summed E-state index contributed by atoms with van der Waals surface area (Å²) in [4.78, 5) is 13.8. The molecule has 0 heterocycles. The Labute approximate surface area is 104 Å². The number of carbonyl (C=O) groups is 1. The molecule has 0 atom stereocenters. The summed E-state index contributed by atoms with van der Waals surface area (Å²) in [7, 11) is 3.72. The topological polar surface area (TPSA) is 32.3 Å². The number of hydrogen-bond donors (Lipinski definition) is 1. The van der Waals surface area contributed by atoms with Gasteiger partial charge in [-0.05, 0) is 36.6 Å². The van der Waals surface area contributed by atoms with Crippen molar-refractivity contribution in [2.75, 3.05) is 26.0 Å². The molecule has 0 unspecified atom stereocenters. The van der Waals surface area contributed by atoms with Gasteiger partial charge in [-0.25, -0.2) is 0 Å². The maximum atomic E-state index is 12.1. The molecule has 0 bridgehead atoms. The van der Waals surface area contributed by atoms with Crippen molar-refractivity contribution in [2.24, 2.45) is 5.92 Å². The molecule has 0 aliphatic carbocycles. The summed E-state index contributed by atoms with van der Waals surface area (Å²) in [5.41, 5.74) is 1.77. The molecule has 0 saturated carbocycles. The Morgan fingerprint density at radius 1 is 1.29 bits per heavy atom. The summed E-state index contributed by atoms with van der Waals surface area (Å²) in [6.45, 7) is 5.14. The SMILES string of the molecule is CNc1ccc(C(=O)N(C)CCC(C)C)cc1. The van der Waals surface area contributed by atoms with Gasteiger partial charge in [0.05, 0.1) is 0 Å². The molecule has 1 N–H and O–H groups in total. The van der Waals surface area contributed by atoms with Gasteiger partial charge in [-0.15, -0.1) is 0 Å². The molecule has 0 aliphatic heterocycles. The number of nitrogens with one attached hydrogen (secondary N) is 1. The fourth-order valence-electron chi connectivity index (χ4n) is 1.55. The van der Waals surface area contributed by atoms with Gasteiger partial charge >= 0.3 is 0 Å². The Hall–Kier alpha value is -1.51. The van der Waals surface area contributed by atoms with Gasteiger partial charge < -0.3 is 10.2 Å². The highest BCUT2D eigenvalue weighted by atomic mass is 16.2. The van der Waals surface area contributed by atoms with Crippen molar-refractivity contribution in [3.63, 3.8) is 0 Å². The van der Waals surface area contributed by atoms with E-state index in [1.54, 1.807) is 4.90 Å². The highest BCUT2D eigenvalue weighted by Crippen LogP contribution is 2.11. The van der Waals surface area contributed by atoms with Gasteiger partial charge in [-0.2, -0.15) is 0 Å². The maximum absolute atomic E-state index is 12.1. The third-order valence-electron chi connectivity index (χ3n) is 2.81. The monoisotopic (exact) mass is 234 g/mol. The second-order valence-electron chi connectivity index (χ2n) is 4.74. The molecule has 94 valence electrons. The van der Waals surface area contributed by atoms with E-state index in [2.05, 4.69) is 19.2 Å². The normalized spacial score (nSPS) is 10.4. The molecule has 1 rings (SSSR count). The van der Waals surface area contributed by atoms with Gasteiger partial charge in [0, 0.05) is 31.9 Å². The van der Waals surface area contributed by atoms with Crippen molar-refractivity contribution < 1.29 is 4.79 Å². The summed E-state index contributed by atoms with van der Waals surface area (Å²) in [5, 5.41) is 3.04. The average molecular weight is 234 g/mol. The van der Waals surface area contributed by atoms with Gasteiger partial charge in [0.25, 0.3) is 5.91 Å². The number of nitrogens with zero attached hydrogens (tertiary/aromatic N) is 1. The molecular weight excluding hydrogens is 212 g/mol. The van der Waals surface area contributed by atoms with Crippen molar-refractivity contribution in [1.29, 1.82) is 0 Å². The highest BCUT2D eigenvalue weighted by molar-refractivity contribution is 5.94. The van der Waals surface area contributed by atoms with Crippen LogP contribution < -0.4 is 5.32 Å². The van der Waals surface area contributed by atoms with Crippen LogP contribution in [-0.2, 0) is 0 Å². The van der Waals surface area contributed by atoms with E-state index in [1.807, 2.05) is 38.4 Å². The third-order valence-corrected chi connectivity index (χ3v) is 2.81.